The molecule has 4 nitrogen and oxygen atoms in total. The fourth-order valence-electron chi connectivity index (χ4n) is 2.05. The number of benzene rings is 2. The Morgan fingerprint density at radius 2 is 1.85 bits per heavy atom. The highest BCUT2D eigenvalue weighted by Crippen LogP contribution is 2.31. The Morgan fingerprint density at radius 1 is 1.11 bits per heavy atom. The van der Waals surface area contributed by atoms with Crippen LogP contribution in [-0.2, 0) is 11.9 Å². The van der Waals surface area contributed by atoms with E-state index in [0.29, 0.717) is 10.1 Å². The zero-order valence-corrected chi connectivity index (χ0v) is 15.1. The summed E-state index contributed by atoms with van der Waals surface area (Å²) < 4.78 is 51.6. The van der Waals surface area contributed by atoms with Gasteiger partial charge in [0.25, 0.3) is 5.91 Å². The molecule has 0 aliphatic heterocycles. The van der Waals surface area contributed by atoms with Gasteiger partial charge in [0.2, 0.25) is 5.13 Å². The molecular formula is C17H11F4N3OS2. The first kappa shape index (κ1) is 19.3. The van der Waals surface area contributed by atoms with Crippen LogP contribution < -0.4 is 5.32 Å². The number of rotatable bonds is 5. The number of anilines is 1. The number of carbonyl (C=O) groups excluding carboxylic acids is 1. The second-order valence-corrected chi connectivity index (χ2v) is 7.52. The molecular weight excluding hydrogens is 402 g/mol. The maximum atomic E-state index is 12.9. The van der Waals surface area contributed by atoms with Crippen molar-refractivity contribution in [3.8, 4) is 0 Å². The van der Waals surface area contributed by atoms with Crippen LogP contribution in [0.4, 0.5) is 22.7 Å². The molecule has 3 aromatic rings. The van der Waals surface area contributed by atoms with Gasteiger partial charge >= 0.3 is 6.18 Å². The molecule has 140 valence electrons. The normalized spacial score (nSPS) is 11.4. The van der Waals surface area contributed by atoms with Crippen LogP contribution in [0.5, 0.6) is 0 Å². The van der Waals surface area contributed by atoms with Crippen molar-refractivity contribution in [1.82, 2.24) is 10.2 Å². The smallest absolute Gasteiger partial charge is 0.296 e. The Morgan fingerprint density at radius 3 is 2.56 bits per heavy atom. The minimum Gasteiger partial charge on any atom is -0.296 e. The van der Waals surface area contributed by atoms with Crippen molar-refractivity contribution in [1.29, 1.82) is 0 Å². The molecule has 0 atom stereocenters. The number of carbonyl (C=O) groups is 1. The van der Waals surface area contributed by atoms with E-state index in [4.69, 9.17) is 0 Å². The van der Waals surface area contributed by atoms with E-state index < -0.39 is 17.6 Å². The molecule has 0 radical (unpaired) electrons. The first-order chi connectivity index (χ1) is 12.8. The number of amides is 1. The molecule has 0 spiro atoms. The SMILES string of the molecule is O=C(Nc1nnc(SCc2ccc(F)cc2)s1)c1cccc(C(F)(F)F)c1. The zero-order chi connectivity index (χ0) is 19.4. The summed E-state index contributed by atoms with van der Waals surface area (Å²) in [6, 6.07) is 10.1. The average molecular weight is 413 g/mol. The second-order valence-electron chi connectivity index (χ2n) is 5.32. The monoisotopic (exact) mass is 413 g/mol. The average Bonchev–Trinajstić information content (AvgIpc) is 3.08. The largest absolute Gasteiger partial charge is 0.416 e. The van der Waals surface area contributed by atoms with Gasteiger partial charge in [0.05, 0.1) is 5.56 Å². The molecule has 0 bridgehead atoms. The minimum absolute atomic E-state index is 0.124. The van der Waals surface area contributed by atoms with Crippen LogP contribution in [-0.4, -0.2) is 16.1 Å². The highest BCUT2D eigenvalue weighted by Gasteiger charge is 2.31. The highest BCUT2D eigenvalue weighted by molar-refractivity contribution is 8.00. The number of halogens is 4. The van der Waals surface area contributed by atoms with Crippen LogP contribution in [0.1, 0.15) is 21.5 Å². The van der Waals surface area contributed by atoms with Crippen molar-refractivity contribution in [2.45, 2.75) is 16.3 Å². The van der Waals surface area contributed by atoms with E-state index in [9.17, 15) is 22.4 Å². The van der Waals surface area contributed by atoms with Crippen molar-refractivity contribution in [2.75, 3.05) is 5.32 Å². The number of nitrogens with zero attached hydrogens (tertiary/aromatic N) is 2. The van der Waals surface area contributed by atoms with Gasteiger partial charge < -0.3 is 0 Å². The van der Waals surface area contributed by atoms with E-state index in [2.05, 4.69) is 15.5 Å². The molecule has 10 heteroatoms. The maximum Gasteiger partial charge on any atom is 0.416 e. The van der Waals surface area contributed by atoms with Gasteiger partial charge in [0, 0.05) is 11.3 Å². The van der Waals surface area contributed by atoms with Gasteiger partial charge in [-0.15, -0.1) is 10.2 Å². The summed E-state index contributed by atoms with van der Waals surface area (Å²) in [5.74, 6) is -0.483. The number of alkyl halides is 3. The van der Waals surface area contributed by atoms with Crippen LogP contribution in [0.3, 0.4) is 0 Å². The number of hydrogen-bond acceptors (Lipinski definition) is 5. The van der Waals surface area contributed by atoms with Gasteiger partial charge in [-0.25, -0.2) is 4.39 Å². The minimum atomic E-state index is -4.52. The molecule has 0 fully saturated rings. The van der Waals surface area contributed by atoms with Crippen molar-refractivity contribution in [3.05, 3.63) is 71.0 Å². The lowest BCUT2D eigenvalue weighted by molar-refractivity contribution is -0.137. The summed E-state index contributed by atoms with van der Waals surface area (Å²) in [5, 5.41) is 10.3. The van der Waals surface area contributed by atoms with Crippen LogP contribution >= 0.6 is 23.1 Å². The predicted molar refractivity (Wildman–Crippen MR) is 95.3 cm³/mol. The molecule has 1 N–H and O–H groups in total. The van der Waals surface area contributed by atoms with Crippen LogP contribution in [0.2, 0.25) is 0 Å². The Bertz CT molecular complexity index is 942. The fourth-order valence-corrected chi connectivity index (χ4v) is 3.75. The first-order valence-corrected chi connectivity index (χ1v) is 9.31. The molecule has 1 heterocycles. The molecule has 27 heavy (non-hydrogen) atoms. The summed E-state index contributed by atoms with van der Waals surface area (Å²) in [7, 11) is 0. The van der Waals surface area contributed by atoms with E-state index in [1.54, 1.807) is 12.1 Å². The molecule has 0 aliphatic rings. The van der Waals surface area contributed by atoms with Crippen molar-refractivity contribution >= 4 is 34.1 Å². The molecule has 1 aromatic heterocycles. The van der Waals surface area contributed by atoms with Gasteiger partial charge in [-0.1, -0.05) is 41.3 Å². The quantitative estimate of drug-likeness (QED) is 0.353. The standard InChI is InChI=1S/C17H11F4N3OS2/c18-13-6-4-10(5-7-13)9-26-16-24-23-15(27-16)22-14(25)11-2-1-3-12(8-11)17(19,20)21/h1-8H,9H2,(H,22,23,25). The highest BCUT2D eigenvalue weighted by atomic mass is 32.2. The first-order valence-electron chi connectivity index (χ1n) is 7.50. The summed E-state index contributed by atoms with van der Waals surface area (Å²) in [5.41, 5.74) is -0.130. The van der Waals surface area contributed by atoms with E-state index in [1.807, 2.05) is 0 Å². The van der Waals surface area contributed by atoms with E-state index in [-0.39, 0.29) is 16.5 Å². The Hall–Kier alpha value is -2.46. The molecule has 0 aliphatic carbocycles. The lowest BCUT2D eigenvalue weighted by Gasteiger charge is -2.08. The van der Waals surface area contributed by atoms with E-state index >= 15 is 0 Å². The summed E-state index contributed by atoms with van der Waals surface area (Å²) in [4.78, 5) is 12.1. The Kier molecular flexibility index (Phi) is 5.76. The second kappa shape index (κ2) is 8.05. The predicted octanol–water partition coefficient (Wildman–Crippen LogP) is 5.24. The maximum absolute atomic E-state index is 12.9. The number of thioether (sulfide) groups is 1. The lowest BCUT2D eigenvalue weighted by atomic mass is 10.1. The summed E-state index contributed by atoms with van der Waals surface area (Å²) in [6.45, 7) is 0. The summed E-state index contributed by atoms with van der Waals surface area (Å²) in [6.07, 6.45) is -4.52. The van der Waals surface area contributed by atoms with Crippen molar-refractivity contribution in [3.63, 3.8) is 0 Å². The summed E-state index contributed by atoms with van der Waals surface area (Å²) >= 11 is 2.45. The number of hydrogen-bond donors (Lipinski definition) is 1. The van der Waals surface area contributed by atoms with Gasteiger partial charge in [-0.3, -0.25) is 10.1 Å². The van der Waals surface area contributed by atoms with E-state index in [0.717, 1.165) is 29.0 Å². The third-order valence-electron chi connectivity index (χ3n) is 3.35. The van der Waals surface area contributed by atoms with Gasteiger partial charge in [0.1, 0.15) is 5.82 Å². The molecule has 2 aromatic carbocycles. The van der Waals surface area contributed by atoms with Crippen molar-refractivity contribution in [2.24, 2.45) is 0 Å². The van der Waals surface area contributed by atoms with Crippen LogP contribution in [0.25, 0.3) is 0 Å². The van der Waals surface area contributed by atoms with Gasteiger partial charge in [-0.2, -0.15) is 13.2 Å². The molecule has 0 unspecified atom stereocenters. The third-order valence-corrected chi connectivity index (χ3v) is 5.40. The van der Waals surface area contributed by atoms with Crippen LogP contribution in [0, 0.1) is 5.82 Å². The van der Waals surface area contributed by atoms with Gasteiger partial charge in [0.15, 0.2) is 4.34 Å². The molecule has 1 amide bonds. The van der Waals surface area contributed by atoms with Crippen molar-refractivity contribution < 1.29 is 22.4 Å². The van der Waals surface area contributed by atoms with Gasteiger partial charge in [-0.05, 0) is 35.9 Å². The molecule has 3 rings (SSSR count). The topological polar surface area (TPSA) is 54.9 Å². The van der Waals surface area contributed by atoms with Crippen LogP contribution in [0.15, 0.2) is 52.9 Å². The molecule has 0 saturated carbocycles. The zero-order valence-electron chi connectivity index (χ0n) is 13.5. The molecule has 0 saturated heterocycles. The Balaban J connectivity index is 1.62. The Labute approximate surface area is 159 Å². The number of nitrogens with one attached hydrogen (secondary N) is 1. The third kappa shape index (κ3) is 5.27. The number of aromatic nitrogens is 2. The fraction of sp³-hybridized carbons (Fsp3) is 0.118. The van der Waals surface area contributed by atoms with E-state index in [1.165, 1.54) is 36.0 Å². The lowest BCUT2D eigenvalue weighted by Crippen LogP contribution is -2.13.